The van der Waals surface area contributed by atoms with Crippen LogP contribution in [0.25, 0.3) is 22.3 Å². The Morgan fingerprint density at radius 2 is 1.71 bits per heavy atom. The van der Waals surface area contributed by atoms with Gasteiger partial charge in [-0.05, 0) is 111 Å². The molecule has 394 valence electrons. The Bertz CT molecular complexity index is 2930. The average molecular weight is 1020 g/mol. The van der Waals surface area contributed by atoms with Gasteiger partial charge < -0.3 is 55.6 Å². The summed E-state index contributed by atoms with van der Waals surface area (Å²) in [5.41, 5.74) is 6.55. The van der Waals surface area contributed by atoms with E-state index in [4.69, 9.17) is 16.4 Å². The first-order chi connectivity index (χ1) is 36.2. The number of carbonyl (C=O) groups is 3. The van der Waals surface area contributed by atoms with Crippen LogP contribution in [0, 0.1) is 23.2 Å². The molecule has 75 heavy (non-hydrogen) atoms. The second kappa shape index (κ2) is 20.8. The standard InChI is InChI=1S/C57H71N13O5/c1-5-37-10-12-38(13-11-37)30-59-52(73)47-26-42(71)33-70(47)53(74)50(56(3,4)17-23-66-24-18-58-19-25-66)63-55(75)68-34-57(35-68)28-41(29-57)67-20-14-39(15-21-67)40-31-60-54(61-32-40)69-22-16-45-49(36(69)2)44-27-46(64-65-51(44)62-45)43-8-6-7-9-48(43)72/h1,6-13,27,31-32,36,39,41-42,47,50,58,71-72H,14-26,28-30,33-35H2,2-4H3,(H,59,73)(H,62,65)(H,63,75)/t36-,42-,47+,50-/m1/s1. The zero-order chi connectivity index (χ0) is 52.0. The number of aliphatic hydroxyl groups excluding tert-OH is 1. The second-order valence-corrected chi connectivity index (χ2v) is 22.9. The van der Waals surface area contributed by atoms with Gasteiger partial charge in [0.2, 0.25) is 17.8 Å². The number of nitrogens with one attached hydrogen (secondary N) is 4. The zero-order valence-corrected chi connectivity index (χ0v) is 43.5. The Morgan fingerprint density at radius 1 is 0.973 bits per heavy atom. The summed E-state index contributed by atoms with van der Waals surface area (Å²) in [5, 5.41) is 40.8. The van der Waals surface area contributed by atoms with E-state index in [1.807, 2.05) is 73.6 Å². The highest BCUT2D eigenvalue weighted by Gasteiger charge is 2.56. The number of hydrogen-bond acceptors (Lipinski definition) is 13. The number of phenols is 1. The number of aliphatic hydroxyl groups is 1. The lowest BCUT2D eigenvalue weighted by molar-refractivity contribution is -0.142. The van der Waals surface area contributed by atoms with Gasteiger partial charge in [0.15, 0.2) is 5.65 Å². The van der Waals surface area contributed by atoms with Gasteiger partial charge >= 0.3 is 6.03 Å². The molecule has 6 aliphatic rings. The summed E-state index contributed by atoms with van der Waals surface area (Å²) in [7, 11) is 0. The molecule has 1 aliphatic carbocycles. The molecule has 4 saturated heterocycles. The molecule has 6 N–H and O–H groups in total. The number of piperidine rings is 1. The van der Waals surface area contributed by atoms with E-state index in [0.29, 0.717) is 48.7 Å². The Hall–Kier alpha value is -6.65. The number of H-pyrrole nitrogens is 1. The summed E-state index contributed by atoms with van der Waals surface area (Å²) in [6, 6.07) is 15.0. The summed E-state index contributed by atoms with van der Waals surface area (Å²) >= 11 is 0. The predicted octanol–water partition coefficient (Wildman–Crippen LogP) is 4.55. The van der Waals surface area contributed by atoms with Crippen LogP contribution in [0.1, 0.15) is 99.2 Å². The highest BCUT2D eigenvalue weighted by molar-refractivity contribution is 5.93. The van der Waals surface area contributed by atoms with E-state index in [1.54, 1.807) is 12.1 Å². The van der Waals surface area contributed by atoms with Crippen LogP contribution in [0.2, 0.25) is 0 Å². The summed E-state index contributed by atoms with van der Waals surface area (Å²) < 4.78 is 0. The van der Waals surface area contributed by atoms with Gasteiger partial charge in [0.25, 0.3) is 0 Å². The van der Waals surface area contributed by atoms with E-state index < -0.39 is 23.6 Å². The third-order valence-corrected chi connectivity index (χ3v) is 17.5. The quantitative estimate of drug-likeness (QED) is 0.0896. The SMILES string of the molecule is C#Cc1ccc(CNC(=O)[C@@H]2C[C@@H](O)CN2C(=O)[C@@H](NC(=O)N2CC3(CC(N4CCC(c5cnc(N6CCc7[nH]c8nnc(-c9ccccc9O)cc8c7[C@H]6C)nc5)CC4)C3)C2)C(C)(C)CCN2CCNCC2)cc1. The van der Waals surface area contributed by atoms with Gasteiger partial charge in [-0.1, -0.05) is 44.0 Å². The van der Waals surface area contributed by atoms with Crippen molar-refractivity contribution >= 4 is 34.8 Å². The van der Waals surface area contributed by atoms with Crippen molar-refractivity contribution in [3.8, 4) is 29.4 Å². The van der Waals surface area contributed by atoms with E-state index in [9.17, 15) is 24.6 Å². The normalized spacial score (nSPS) is 22.8. The molecule has 18 nitrogen and oxygen atoms in total. The van der Waals surface area contributed by atoms with Crippen molar-refractivity contribution in [1.82, 2.24) is 60.7 Å². The summed E-state index contributed by atoms with van der Waals surface area (Å²) in [6.07, 6.45) is 14.5. The number of urea groups is 1. The second-order valence-electron chi connectivity index (χ2n) is 22.9. The number of piperazine rings is 1. The van der Waals surface area contributed by atoms with Gasteiger partial charge in [-0.25, -0.2) is 14.8 Å². The molecule has 5 aliphatic heterocycles. The van der Waals surface area contributed by atoms with Crippen molar-refractivity contribution in [1.29, 1.82) is 0 Å². The number of carbonyl (C=O) groups excluding carboxylic acids is 3. The van der Waals surface area contributed by atoms with Crippen LogP contribution < -0.4 is 20.9 Å². The van der Waals surface area contributed by atoms with Crippen LogP contribution in [0.5, 0.6) is 5.75 Å². The average Bonchev–Trinajstić information content (AvgIpc) is 3.99. The van der Waals surface area contributed by atoms with Gasteiger partial charge in [0, 0.05) is 123 Å². The van der Waals surface area contributed by atoms with E-state index in [0.717, 1.165) is 118 Å². The van der Waals surface area contributed by atoms with Crippen LogP contribution >= 0.6 is 0 Å². The topological polar surface area (TPSA) is 211 Å². The molecule has 18 heteroatoms. The fourth-order valence-corrected chi connectivity index (χ4v) is 12.9. The van der Waals surface area contributed by atoms with E-state index in [2.05, 4.69) is 58.7 Å². The number of fused-ring (bicyclic) bond motifs is 3. The summed E-state index contributed by atoms with van der Waals surface area (Å²) in [4.78, 5) is 66.7. The number of nitrogens with zero attached hydrogens (tertiary/aromatic N) is 9. The zero-order valence-electron chi connectivity index (χ0n) is 43.5. The van der Waals surface area contributed by atoms with Gasteiger partial charge in [-0.3, -0.25) is 9.59 Å². The third kappa shape index (κ3) is 10.3. The predicted molar refractivity (Wildman–Crippen MR) is 285 cm³/mol. The smallest absolute Gasteiger partial charge is 0.318 e. The fourth-order valence-electron chi connectivity index (χ4n) is 12.9. The molecule has 0 unspecified atom stereocenters. The molecule has 11 rings (SSSR count). The molecule has 0 bridgehead atoms. The van der Waals surface area contributed by atoms with Gasteiger partial charge in [-0.15, -0.1) is 16.6 Å². The monoisotopic (exact) mass is 1020 g/mol. The first-order valence-corrected chi connectivity index (χ1v) is 27.0. The molecule has 1 spiro atoms. The molecular formula is C57H71N13O5. The number of aromatic hydroxyl groups is 1. The minimum atomic E-state index is -0.900. The van der Waals surface area contributed by atoms with Crippen LogP contribution in [-0.4, -0.2) is 169 Å². The molecule has 1 saturated carbocycles. The number of phenolic OH excluding ortho intramolecular Hbond substituents is 1. The number of rotatable bonds is 13. The van der Waals surface area contributed by atoms with Gasteiger partial charge in [0.05, 0.1) is 17.8 Å². The number of hydrogen-bond donors (Lipinski definition) is 6. The van der Waals surface area contributed by atoms with Crippen molar-refractivity contribution in [3.05, 3.63) is 94.9 Å². The number of benzene rings is 2. The molecule has 8 heterocycles. The molecule has 2 aromatic carbocycles. The van der Waals surface area contributed by atoms with Crippen molar-refractivity contribution in [2.24, 2.45) is 10.8 Å². The lowest BCUT2D eigenvalue weighted by Crippen LogP contribution is -2.70. The minimum Gasteiger partial charge on any atom is -0.507 e. The first kappa shape index (κ1) is 50.5. The van der Waals surface area contributed by atoms with Gasteiger partial charge in [-0.2, -0.15) is 0 Å². The summed E-state index contributed by atoms with van der Waals surface area (Å²) in [5.74, 6) is 3.20. The van der Waals surface area contributed by atoms with Crippen molar-refractivity contribution < 1.29 is 24.6 Å². The van der Waals surface area contributed by atoms with Crippen LogP contribution in [0.3, 0.4) is 0 Å². The maximum Gasteiger partial charge on any atom is 0.318 e. The molecule has 0 radical (unpaired) electrons. The lowest BCUT2D eigenvalue weighted by Gasteiger charge is -2.61. The van der Waals surface area contributed by atoms with Crippen molar-refractivity contribution in [2.75, 3.05) is 76.9 Å². The maximum absolute atomic E-state index is 14.8. The third-order valence-electron chi connectivity index (χ3n) is 17.5. The van der Waals surface area contributed by atoms with E-state index >= 15 is 0 Å². The summed E-state index contributed by atoms with van der Waals surface area (Å²) in [6.45, 7) is 15.0. The number of para-hydroxylation sites is 1. The van der Waals surface area contributed by atoms with Crippen molar-refractivity contribution in [3.63, 3.8) is 0 Å². The fraction of sp³-hybridized carbons (Fsp3) is 0.526. The van der Waals surface area contributed by atoms with Crippen LogP contribution in [-0.2, 0) is 22.6 Å². The van der Waals surface area contributed by atoms with E-state index in [1.165, 1.54) is 10.5 Å². The number of β-amino-alcohol motifs (C(OH)–C–C–N with tert-alkyl or cyclic N) is 1. The minimum absolute atomic E-state index is 0.00725. The molecular weight excluding hydrogens is 947 g/mol. The highest BCUT2D eigenvalue weighted by atomic mass is 16.3. The number of likely N-dealkylation sites (tertiary alicyclic amines) is 3. The number of aromatic amines is 1. The maximum atomic E-state index is 14.8. The molecule has 5 aromatic rings. The number of terminal acetylenes is 1. The highest BCUT2D eigenvalue weighted by Crippen LogP contribution is 2.51. The molecule has 4 atom stereocenters. The lowest BCUT2D eigenvalue weighted by atomic mass is 9.60. The number of amides is 4. The first-order valence-electron chi connectivity index (χ1n) is 27.0. The molecule has 3 aromatic heterocycles. The molecule has 4 amide bonds. The number of anilines is 1. The Labute approximate surface area is 439 Å². The largest absolute Gasteiger partial charge is 0.507 e. The van der Waals surface area contributed by atoms with Crippen LogP contribution in [0.15, 0.2) is 67.0 Å². The number of aromatic nitrogens is 5. The van der Waals surface area contributed by atoms with Crippen molar-refractivity contribution in [2.45, 2.75) is 108 Å². The van der Waals surface area contributed by atoms with E-state index in [-0.39, 0.29) is 54.6 Å². The Kier molecular flexibility index (Phi) is 14.0. The Morgan fingerprint density at radius 3 is 2.43 bits per heavy atom. The van der Waals surface area contributed by atoms with Gasteiger partial charge in [0.1, 0.15) is 17.8 Å². The molecule has 5 fully saturated rings. The van der Waals surface area contributed by atoms with Crippen LogP contribution in [0.4, 0.5) is 10.7 Å². The Balaban J connectivity index is 0.677.